The molecular formula is C11H9Cl4NS. The number of thiophene rings is 1. The van der Waals surface area contributed by atoms with Gasteiger partial charge < -0.3 is 5.73 Å². The lowest BCUT2D eigenvalue weighted by molar-refractivity contribution is 0.877. The Bertz CT molecular complexity index is 498. The third kappa shape index (κ3) is 3.28. The highest BCUT2D eigenvalue weighted by Gasteiger charge is 2.15. The fourth-order valence-electron chi connectivity index (χ4n) is 1.43. The Morgan fingerprint density at radius 1 is 1.18 bits per heavy atom. The van der Waals surface area contributed by atoms with Crippen LogP contribution in [0.5, 0.6) is 0 Å². The molecular weight excluding hydrogens is 320 g/mol. The molecule has 1 aromatic heterocycles. The summed E-state index contributed by atoms with van der Waals surface area (Å²) in [5.41, 5.74) is 7.86. The van der Waals surface area contributed by atoms with Gasteiger partial charge in [-0.3, -0.25) is 0 Å². The van der Waals surface area contributed by atoms with Crippen molar-refractivity contribution in [1.82, 2.24) is 0 Å². The maximum Gasteiger partial charge on any atom is 0.0644 e. The van der Waals surface area contributed by atoms with Crippen molar-refractivity contribution < 1.29 is 0 Å². The zero-order valence-electron chi connectivity index (χ0n) is 8.49. The van der Waals surface area contributed by atoms with Gasteiger partial charge in [-0.25, -0.2) is 0 Å². The monoisotopic (exact) mass is 327 g/mol. The van der Waals surface area contributed by atoms with Crippen molar-refractivity contribution in [3.63, 3.8) is 0 Å². The Balaban J connectivity index is 0.00000144. The number of hydrogen-bond donors (Lipinski definition) is 1. The van der Waals surface area contributed by atoms with Gasteiger partial charge in [0.05, 0.1) is 16.1 Å². The summed E-state index contributed by atoms with van der Waals surface area (Å²) >= 11 is 19.6. The average Bonchev–Trinajstić information content (AvgIpc) is 2.75. The molecule has 0 fully saturated rings. The molecule has 0 bridgehead atoms. The molecule has 1 nitrogen and oxygen atoms in total. The van der Waals surface area contributed by atoms with Crippen LogP contribution in [0.1, 0.15) is 17.2 Å². The Hall–Kier alpha value is 0.0400. The predicted molar refractivity (Wildman–Crippen MR) is 79.1 cm³/mol. The quantitative estimate of drug-likeness (QED) is 0.755. The molecule has 92 valence electrons. The molecule has 0 aliphatic heterocycles. The molecule has 1 atom stereocenters. The van der Waals surface area contributed by atoms with Crippen LogP contribution in [-0.2, 0) is 0 Å². The van der Waals surface area contributed by atoms with Gasteiger partial charge in [0.1, 0.15) is 0 Å². The van der Waals surface area contributed by atoms with Gasteiger partial charge in [-0.1, -0.05) is 34.8 Å². The van der Waals surface area contributed by atoms with E-state index in [0.717, 1.165) is 11.1 Å². The molecule has 17 heavy (non-hydrogen) atoms. The van der Waals surface area contributed by atoms with E-state index in [9.17, 15) is 0 Å². The Labute approximate surface area is 125 Å². The second-order valence-corrected chi connectivity index (χ2v) is 5.33. The number of benzene rings is 1. The molecule has 2 rings (SSSR count). The minimum Gasteiger partial charge on any atom is -0.320 e. The van der Waals surface area contributed by atoms with Crippen molar-refractivity contribution in [2.24, 2.45) is 5.73 Å². The lowest BCUT2D eigenvalue weighted by Crippen LogP contribution is -2.11. The SMILES string of the molecule is Cl.N[C@@H](c1ccsc1)c1cc(Cl)cc(Cl)c1Cl. The van der Waals surface area contributed by atoms with Gasteiger partial charge in [-0.05, 0) is 40.1 Å². The summed E-state index contributed by atoms with van der Waals surface area (Å²) in [5.74, 6) is 0. The van der Waals surface area contributed by atoms with Crippen molar-refractivity contribution >= 4 is 58.5 Å². The number of nitrogens with two attached hydrogens (primary N) is 1. The van der Waals surface area contributed by atoms with Gasteiger partial charge in [-0.2, -0.15) is 11.3 Å². The lowest BCUT2D eigenvalue weighted by Gasteiger charge is -2.13. The summed E-state index contributed by atoms with van der Waals surface area (Å²) in [6, 6.07) is 5.02. The summed E-state index contributed by atoms with van der Waals surface area (Å²) in [5, 5.41) is 5.38. The van der Waals surface area contributed by atoms with Crippen molar-refractivity contribution in [3.8, 4) is 0 Å². The van der Waals surface area contributed by atoms with Crippen LogP contribution in [0.15, 0.2) is 29.0 Å². The molecule has 0 unspecified atom stereocenters. The third-order valence-corrected chi connectivity index (χ3v) is 3.99. The van der Waals surface area contributed by atoms with Gasteiger partial charge in [0.2, 0.25) is 0 Å². The van der Waals surface area contributed by atoms with Crippen LogP contribution in [0.2, 0.25) is 15.1 Å². The highest BCUT2D eigenvalue weighted by Crippen LogP contribution is 2.35. The third-order valence-electron chi connectivity index (χ3n) is 2.26. The molecule has 1 aromatic carbocycles. The fraction of sp³-hybridized carbons (Fsp3) is 0.0909. The minimum atomic E-state index is -0.296. The first-order valence-corrected chi connectivity index (χ1v) is 6.59. The molecule has 0 aliphatic carbocycles. The molecule has 6 heteroatoms. The first-order valence-electron chi connectivity index (χ1n) is 4.51. The normalized spacial score (nSPS) is 12.0. The number of rotatable bonds is 2. The van der Waals surface area contributed by atoms with E-state index < -0.39 is 0 Å². The zero-order chi connectivity index (χ0) is 11.7. The van der Waals surface area contributed by atoms with E-state index in [1.54, 1.807) is 23.5 Å². The van der Waals surface area contributed by atoms with Gasteiger partial charge in [0, 0.05) is 5.02 Å². The smallest absolute Gasteiger partial charge is 0.0644 e. The maximum atomic E-state index is 6.11. The predicted octanol–water partition coefficient (Wildman–Crippen LogP) is 5.18. The molecule has 0 spiro atoms. The molecule has 0 aliphatic rings. The second kappa shape index (κ2) is 6.28. The van der Waals surface area contributed by atoms with E-state index in [1.807, 2.05) is 16.8 Å². The maximum absolute atomic E-state index is 6.11. The second-order valence-electron chi connectivity index (χ2n) is 3.33. The van der Waals surface area contributed by atoms with Crippen LogP contribution >= 0.6 is 58.5 Å². The molecule has 2 N–H and O–H groups in total. The Morgan fingerprint density at radius 3 is 2.47 bits per heavy atom. The van der Waals surface area contributed by atoms with E-state index in [-0.39, 0.29) is 18.4 Å². The zero-order valence-corrected chi connectivity index (χ0v) is 12.4. The van der Waals surface area contributed by atoms with Crippen molar-refractivity contribution in [1.29, 1.82) is 0 Å². The summed E-state index contributed by atoms with van der Waals surface area (Å²) in [4.78, 5) is 0. The van der Waals surface area contributed by atoms with Crippen LogP contribution in [0.25, 0.3) is 0 Å². The van der Waals surface area contributed by atoms with Crippen molar-refractivity contribution in [3.05, 3.63) is 55.2 Å². The van der Waals surface area contributed by atoms with Crippen LogP contribution in [0.4, 0.5) is 0 Å². The van der Waals surface area contributed by atoms with E-state index in [4.69, 9.17) is 40.5 Å². The topological polar surface area (TPSA) is 26.0 Å². The van der Waals surface area contributed by atoms with Crippen LogP contribution in [-0.4, -0.2) is 0 Å². The first-order chi connectivity index (χ1) is 7.59. The van der Waals surface area contributed by atoms with E-state index in [1.165, 1.54) is 0 Å². The fourth-order valence-corrected chi connectivity index (χ4v) is 2.87. The summed E-state index contributed by atoms with van der Waals surface area (Å²) in [7, 11) is 0. The van der Waals surface area contributed by atoms with Gasteiger partial charge in [0.25, 0.3) is 0 Å². The van der Waals surface area contributed by atoms with Crippen molar-refractivity contribution in [2.45, 2.75) is 6.04 Å². The highest BCUT2D eigenvalue weighted by atomic mass is 35.5. The number of hydrogen-bond acceptors (Lipinski definition) is 2. The highest BCUT2D eigenvalue weighted by molar-refractivity contribution is 7.08. The molecule has 2 aromatic rings. The Kier molecular flexibility index (Phi) is 5.58. The first kappa shape index (κ1) is 15.1. The van der Waals surface area contributed by atoms with Crippen LogP contribution < -0.4 is 5.73 Å². The van der Waals surface area contributed by atoms with Crippen LogP contribution in [0.3, 0.4) is 0 Å². The summed E-state index contributed by atoms with van der Waals surface area (Å²) in [6.45, 7) is 0. The standard InChI is InChI=1S/C11H8Cl3NS.ClH/c12-7-3-8(10(14)9(13)4-7)11(15)6-1-2-16-5-6;/h1-5,11H,15H2;1H/t11-;/m0./s1. The van der Waals surface area contributed by atoms with Gasteiger partial charge in [0.15, 0.2) is 0 Å². The molecule has 1 heterocycles. The Morgan fingerprint density at radius 2 is 1.88 bits per heavy atom. The van der Waals surface area contributed by atoms with E-state index in [2.05, 4.69) is 0 Å². The molecule has 0 saturated heterocycles. The molecule has 0 saturated carbocycles. The van der Waals surface area contributed by atoms with E-state index in [0.29, 0.717) is 15.1 Å². The van der Waals surface area contributed by atoms with Crippen molar-refractivity contribution in [2.75, 3.05) is 0 Å². The van der Waals surface area contributed by atoms with Gasteiger partial charge in [-0.15, -0.1) is 12.4 Å². The summed E-state index contributed by atoms with van der Waals surface area (Å²) < 4.78 is 0. The largest absolute Gasteiger partial charge is 0.320 e. The lowest BCUT2D eigenvalue weighted by atomic mass is 10.0. The minimum absolute atomic E-state index is 0. The summed E-state index contributed by atoms with van der Waals surface area (Å²) in [6.07, 6.45) is 0. The van der Waals surface area contributed by atoms with Gasteiger partial charge >= 0.3 is 0 Å². The van der Waals surface area contributed by atoms with E-state index >= 15 is 0 Å². The van der Waals surface area contributed by atoms with Crippen LogP contribution in [0, 0.1) is 0 Å². The average molecular weight is 329 g/mol. The molecule has 0 amide bonds. The number of halogens is 4. The molecule has 0 radical (unpaired) electrons.